The molecule has 0 saturated heterocycles. The second kappa shape index (κ2) is 9.38. The zero-order valence-corrected chi connectivity index (χ0v) is 19.4. The van der Waals surface area contributed by atoms with Crippen molar-refractivity contribution in [3.63, 3.8) is 0 Å². The van der Waals surface area contributed by atoms with Crippen molar-refractivity contribution in [3.05, 3.63) is 82.2 Å². The number of carbonyl (C=O) groups excluding carboxylic acids is 1. The van der Waals surface area contributed by atoms with Gasteiger partial charge in [0.2, 0.25) is 11.6 Å². The van der Waals surface area contributed by atoms with Gasteiger partial charge in [-0.3, -0.25) is 4.79 Å². The van der Waals surface area contributed by atoms with Crippen LogP contribution in [-0.2, 0) is 0 Å². The van der Waals surface area contributed by atoms with Gasteiger partial charge < -0.3 is 18.6 Å². The quantitative estimate of drug-likeness (QED) is 0.238. The predicted octanol–water partition coefficient (Wildman–Crippen LogP) is 6.24. The van der Waals surface area contributed by atoms with Gasteiger partial charge in [-0.05, 0) is 48.9 Å². The molecule has 0 aliphatic carbocycles. The fourth-order valence-corrected chi connectivity index (χ4v) is 3.60. The lowest BCUT2D eigenvalue weighted by Gasteiger charge is -2.14. The van der Waals surface area contributed by atoms with Crippen molar-refractivity contribution in [2.45, 2.75) is 6.92 Å². The summed E-state index contributed by atoms with van der Waals surface area (Å²) < 4.78 is 22.1. The molecule has 0 saturated carbocycles. The number of methoxy groups -OCH3 is 3. The molecule has 0 radical (unpaired) electrons. The Hall–Kier alpha value is -3.77. The number of carbonyl (C=O) groups is 1. The number of hydrogen-bond acceptors (Lipinski definition) is 6. The number of nitrogens with zero attached hydrogens (tertiary/aromatic N) is 1. The van der Waals surface area contributed by atoms with Crippen LogP contribution >= 0.6 is 11.6 Å². The molecule has 4 aromatic rings. The molecule has 1 aromatic heterocycles. The minimum absolute atomic E-state index is 0.187. The Kier molecular flexibility index (Phi) is 6.38. The van der Waals surface area contributed by atoms with Gasteiger partial charge in [0, 0.05) is 10.6 Å². The normalized spacial score (nSPS) is 11.5. The first-order valence-corrected chi connectivity index (χ1v) is 10.5. The first-order chi connectivity index (χ1) is 15.9. The molecule has 4 rings (SSSR count). The van der Waals surface area contributed by atoms with Crippen LogP contribution in [0.3, 0.4) is 0 Å². The van der Waals surface area contributed by atoms with E-state index in [0.29, 0.717) is 38.9 Å². The average molecular weight is 464 g/mol. The zero-order valence-electron chi connectivity index (χ0n) is 18.6. The summed E-state index contributed by atoms with van der Waals surface area (Å²) in [6.07, 6.45) is 1.75. The molecule has 0 spiro atoms. The predicted molar refractivity (Wildman–Crippen MR) is 128 cm³/mol. The Labute approximate surface area is 196 Å². The van der Waals surface area contributed by atoms with Crippen LogP contribution in [0.25, 0.3) is 22.7 Å². The van der Waals surface area contributed by atoms with E-state index in [0.717, 1.165) is 11.1 Å². The van der Waals surface area contributed by atoms with Crippen molar-refractivity contribution < 1.29 is 23.4 Å². The summed E-state index contributed by atoms with van der Waals surface area (Å²) >= 11 is 6.10. The van der Waals surface area contributed by atoms with Crippen molar-refractivity contribution in [1.29, 1.82) is 0 Å². The van der Waals surface area contributed by atoms with Gasteiger partial charge in [0.25, 0.3) is 0 Å². The van der Waals surface area contributed by atoms with Crippen LogP contribution in [0.1, 0.15) is 27.4 Å². The van der Waals surface area contributed by atoms with Crippen LogP contribution < -0.4 is 14.2 Å². The van der Waals surface area contributed by atoms with Crippen LogP contribution in [0.15, 0.2) is 59.0 Å². The van der Waals surface area contributed by atoms with E-state index in [-0.39, 0.29) is 17.2 Å². The molecule has 0 aliphatic heterocycles. The van der Waals surface area contributed by atoms with Gasteiger partial charge in [-0.25, -0.2) is 4.98 Å². The van der Waals surface area contributed by atoms with E-state index in [1.54, 1.807) is 36.4 Å². The van der Waals surface area contributed by atoms with Gasteiger partial charge in [0.15, 0.2) is 22.9 Å². The molecule has 0 unspecified atom stereocenters. The number of fused-ring (bicyclic) bond motifs is 1. The van der Waals surface area contributed by atoms with Gasteiger partial charge >= 0.3 is 0 Å². The molecule has 7 heteroatoms. The highest BCUT2D eigenvalue weighted by atomic mass is 35.5. The monoisotopic (exact) mass is 463 g/mol. The molecule has 0 atom stereocenters. The molecule has 1 heterocycles. The van der Waals surface area contributed by atoms with Crippen LogP contribution in [0.5, 0.6) is 17.2 Å². The molecule has 0 fully saturated rings. The van der Waals surface area contributed by atoms with E-state index in [9.17, 15) is 4.79 Å². The maximum Gasteiger partial charge on any atom is 0.231 e. The largest absolute Gasteiger partial charge is 0.493 e. The fraction of sp³-hybridized carbons (Fsp3) is 0.154. The van der Waals surface area contributed by atoms with Crippen LogP contribution in [0, 0.1) is 6.92 Å². The van der Waals surface area contributed by atoms with Crippen LogP contribution in [0.2, 0.25) is 5.02 Å². The number of oxazole rings is 1. The summed E-state index contributed by atoms with van der Waals surface area (Å²) in [4.78, 5) is 18.3. The Morgan fingerprint density at radius 1 is 0.939 bits per heavy atom. The lowest BCUT2D eigenvalue weighted by atomic mass is 9.99. The van der Waals surface area contributed by atoms with Gasteiger partial charge in [0.05, 0.1) is 26.9 Å². The van der Waals surface area contributed by atoms with Crippen molar-refractivity contribution >= 4 is 40.1 Å². The molecule has 0 N–H and O–H groups in total. The van der Waals surface area contributed by atoms with Gasteiger partial charge in [-0.15, -0.1) is 0 Å². The highest BCUT2D eigenvalue weighted by molar-refractivity contribution is 6.32. The number of allylic oxidation sites excluding steroid dienone is 1. The first-order valence-electron chi connectivity index (χ1n) is 10.1. The minimum atomic E-state index is -0.313. The molecular formula is C26H22ClNO5. The highest BCUT2D eigenvalue weighted by Crippen LogP contribution is 2.39. The number of ether oxygens (including phenoxy) is 3. The van der Waals surface area contributed by atoms with Gasteiger partial charge in [-0.1, -0.05) is 41.4 Å². The third-order valence-corrected chi connectivity index (χ3v) is 5.38. The SMILES string of the molecule is COc1cc(C(=O)/C(=C/c2ccc(C)cc2)c2nc3cc(Cl)ccc3o2)cc(OC)c1OC. The topological polar surface area (TPSA) is 70.8 Å². The van der Waals surface area contributed by atoms with E-state index >= 15 is 0 Å². The molecule has 33 heavy (non-hydrogen) atoms. The fourth-order valence-electron chi connectivity index (χ4n) is 3.44. The van der Waals surface area contributed by atoms with Crippen LogP contribution in [0.4, 0.5) is 0 Å². The van der Waals surface area contributed by atoms with Gasteiger partial charge in [-0.2, -0.15) is 0 Å². The van der Waals surface area contributed by atoms with E-state index in [2.05, 4.69) is 4.98 Å². The van der Waals surface area contributed by atoms with Crippen molar-refractivity contribution in [2.24, 2.45) is 0 Å². The number of ketones is 1. The number of hydrogen-bond donors (Lipinski definition) is 0. The second-order valence-electron chi connectivity index (χ2n) is 7.34. The first kappa shape index (κ1) is 22.4. The Morgan fingerprint density at radius 2 is 1.61 bits per heavy atom. The highest BCUT2D eigenvalue weighted by Gasteiger charge is 2.24. The van der Waals surface area contributed by atoms with E-state index < -0.39 is 0 Å². The van der Waals surface area contributed by atoms with Gasteiger partial charge in [0.1, 0.15) is 5.52 Å². The number of Topliss-reactive ketones (excluding diaryl/α,β-unsaturated/α-hetero) is 1. The van der Waals surface area contributed by atoms with E-state index in [1.807, 2.05) is 31.2 Å². The number of rotatable bonds is 7. The summed E-state index contributed by atoms with van der Waals surface area (Å²) in [5, 5.41) is 0.530. The Balaban J connectivity index is 1.89. The summed E-state index contributed by atoms with van der Waals surface area (Å²) in [6.45, 7) is 2.00. The maximum atomic E-state index is 13.8. The minimum Gasteiger partial charge on any atom is -0.493 e. The summed E-state index contributed by atoms with van der Waals surface area (Å²) in [5.41, 5.74) is 3.65. The summed E-state index contributed by atoms with van der Waals surface area (Å²) in [5.74, 6) is 1.02. The summed E-state index contributed by atoms with van der Waals surface area (Å²) in [6, 6.07) is 16.1. The van der Waals surface area contributed by atoms with E-state index in [4.69, 9.17) is 30.2 Å². The molecule has 6 nitrogen and oxygen atoms in total. The second-order valence-corrected chi connectivity index (χ2v) is 7.78. The molecule has 0 bridgehead atoms. The number of aromatic nitrogens is 1. The molecule has 168 valence electrons. The molecule has 0 amide bonds. The maximum absolute atomic E-state index is 13.8. The smallest absolute Gasteiger partial charge is 0.231 e. The van der Waals surface area contributed by atoms with Crippen molar-refractivity contribution in [2.75, 3.05) is 21.3 Å². The standard InChI is InChI=1S/C26H22ClNO5/c1-15-5-7-16(8-6-15)11-19(26-28-20-14-18(27)9-10-21(20)33-26)24(29)17-12-22(30-2)25(32-4)23(13-17)31-3/h5-14H,1-4H3/b19-11-. The van der Waals surface area contributed by atoms with E-state index in [1.165, 1.54) is 21.3 Å². The Morgan fingerprint density at radius 3 is 2.21 bits per heavy atom. The average Bonchev–Trinajstić information content (AvgIpc) is 3.25. The lowest BCUT2D eigenvalue weighted by molar-refractivity contribution is 0.105. The van der Waals surface area contributed by atoms with Crippen LogP contribution in [-0.4, -0.2) is 32.1 Å². The summed E-state index contributed by atoms with van der Waals surface area (Å²) in [7, 11) is 4.51. The molecule has 3 aromatic carbocycles. The number of aryl methyl sites for hydroxylation is 1. The van der Waals surface area contributed by atoms with Crippen molar-refractivity contribution in [3.8, 4) is 17.2 Å². The Bertz CT molecular complexity index is 1330. The third kappa shape index (κ3) is 4.56. The third-order valence-electron chi connectivity index (χ3n) is 5.14. The lowest BCUT2D eigenvalue weighted by Crippen LogP contribution is -2.05. The van der Waals surface area contributed by atoms with Crippen molar-refractivity contribution in [1.82, 2.24) is 4.98 Å². The number of benzene rings is 3. The number of halogens is 1. The molecular weight excluding hydrogens is 442 g/mol. The zero-order chi connectivity index (χ0) is 23.5. The molecule has 0 aliphatic rings.